The van der Waals surface area contributed by atoms with Gasteiger partial charge in [0, 0.05) is 31.6 Å². The molecule has 0 bridgehead atoms. The molecule has 3 amide bonds. The summed E-state index contributed by atoms with van der Waals surface area (Å²) in [6.45, 7) is 6.11. The summed E-state index contributed by atoms with van der Waals surface area (Å²) in [4.78, 5) is 35.7. The van der Waals surface area contributed by atoms with Crippen LogP contribution in [0.15, 0.2) is 42.5 Å². The Hall–Kier alpha value is -3.09. The van der Waals surface area contributed by atoms with Crippen LogP contribution in [-0.4, -0.2) is 43.1 Å². The molecule has 2 rings (SSSR count). The molecule has 0 fully saturated rings. The van der Waals surface area contributed by atoms with Crippen molar-refractivity contribution in [3.63, 3.8) is 0 Å². The summed E-state index contributed by atoms with van der Waals surface area (Å²) in [6.07, 6.45) is -0.418. The van der Waals surface area contributed by atoms with Crippen molar-refractivity contribution in [2.45, 2.75) is 32.8 Å². The van der Waals surface area contributed by atoms with Gasteiger partial charge in [-0.25, -0.2) is 4.79 Å². The molecule has 0 aliphatic heterocycles. The van der Waals surface area contributed by atoms with Crippen molar-refractivity contribution in [2.75, 3.05) is 19.6 Å². The largest absolute Gasteiger partial charge is 0.444 e. The number of benzene rings is 2. The maximum Gasteiger partial charge on any atom is 0.407 e. The van der Waals surface area contributed by atoms with Crippen LogP contribution in [0.4, 0.5) is 4.79 Å². The van der Waals surface area contributed by atoms with Crippen molar-refractivity contribution in [1.29, 1.82) is 0 Å². The van der Waals surface area contributed by atoms with Gasteiger partial charge in [0.05, 0.1) is 0 Å². The van der Waals surface area contributed by atoms with Crippen molar-refractivity contribution in [1.82, 2.24) is 16.0 Å². The van der Waals surface area contributed by atoms with Crippen LogP contribution in [0.25, 0.3) is 10.8 Å². The molecule has 0 saturated heterocycles. The molecule has 0 saturated carbocycles. The number of carbonyl (C=O) groups is 3. The van der Waals surface area contributed by atoms with Crippen LogP contribution in [0, 0.1) is 0 Å². The van der Waals surface area contributed by atoms with Gasteiger partial charge in [-0.1, -0.05) is 36.4 Å². The lowest BCUT2D eigenvalue weighted by Gasteiger charge is -2.19. The van der Waals surface area contributed by atoms with Crippen LogP contribution in [0.2, 0.25) is 0 Å². The van der Waals surface area contributed by atoms with Gasteiger partial charge in [-0.05, 0) is 37.6 Å². The topological polar surface area (TPSA) is 96.5 Å². The number of ether oxygens (including phenoxy) is 1. The Bertz CT molecular complexity index is 838. The summed E-state index contributed by atoms with van der Waals surface area (Å²) in [7, 11) is 0. The number of amides is 3. The lowest BCUT2D eigenvalue weighted by atomic mass is 10.0. The summed E-state index contributed by atoms with van der Waals surface area (Å²) >= 11 is 0. The van der Waals surface area contributed by atoms with Gasteiger partial charge >= 0.3 is 6.09 Å². The van der Waals surface area contributed by atoms with Crippen molar-refractivity contribution < 1.29 is 19.1 Å². The molecule has 0 aliphatic rings. The van der Waals surface area contributed by atoms with E-state index in [2.05, 4.69) is 16.0 Å². The van der Waals surface area contributed by atoms with E-state index in [0.29, 0.717) is 18.7 Å². The lowest BCUT2D eigenvalue weighted by molar-refractivity contribution is -0.120. The summed E-state index contributed by atoms with van der Waals surface area (Å²) in [5.74, 6) is -0.395. The Labute approximate surface area is 164 Å². The molecule has 2 aromatic rings. The van der Waals surface area contributed by atoms with Crippen molar-refractivity contribution in [3.8, 4) is 0 Å². The molecular formula is C21H27N3O4. The van der Waals surface area contributed by atoms with E-state index in [1.807, 2.05) is 36.4 Å². The van der Waals surface area contributed by atoms with Crippen molar-refractivity contribution in [2.24, 2.45) is 0 Å². The predicted octanol–water partition coefficient (Wildman–Crippen LogP) is 2.60. The van der Waals surface area contributed by atoms with Gasteiger partial charge in [-0.3, -0.25) is 9.59 Å². The van der Waals surface area contributed by atoms with Gasteiger partial charge in [0.1, 0.15) is 5.60 Å². The second-order valence-corrected chi connectivity index (χ2v) is 7.31. The molecule has 0 aromatic heterocycles. The molecule has 0 aliphatic carbocycles. The third kappa shape index (κ3) is 6.90. The first-order valence-corrected chi connectivity index (χ1v) is 9.26. The molecule has 0 spiro atoms. The van der Waals surface area contributed by atoms with Crippen LogP contribution in [-0.2, 0) is 9.53 Å². The summed E-state index contributed by atoms with van der Waals surface area (Å²) in [5.41, 5.74) is 0.0280. The smallest absolute Gasteiger partial charge is 0.407 e. The van der Waals surface area contributed by atoms with Crippen molar-refractivity contribution in [3.05, 3.63) is 48.0 Å². The van der Waals surface area contributed by atoms with E-state index in [1.165, 1.54) is 0 Å². The Morgan fingerprint density at radius 2 is 1.54 bits per heavy atom. The number of nitrogens with one attached hydrogen (secondary N) is 3. The quantitative estimate of drug-likeness (QED) is 0.638. The van der Waals surface area contributed by atoms with Gasteiger partial charge in [-0.2, -0.15) is 0 Å². The molecule has 2 aromatic carbocycles. The van der Waals surface area contributed by atoms with Crippen LogP contribution in [0.1, 0.15) is 37.6 Å². The highest BCUT2D eigenvalue weighted by Gasteiger charge is 2.15. The first-order valence-electron chi connectivity index (χ1n) is 9.26. The lowest BCUT2D eigenvalue weighted by Crippen LogP contribution is -2.37. The van der Waals surface area contributed by atoms with E-state index >= 15 is 0 Å². The molecule has 28 heavy (non-hydrogen) atoms. The van der Waals surface area contributed by atoms with Gasteiger partial charge in [0.25, 0.3) is 5.91 Å². The zero-order valence-electron chi connectivity index (χ0n) is 16.5. The maximum atomic E-state index is 12.4. The SMILES string of the molecule is CC(C)(C)OC(=O)NCCC(=O)NCCNC(=O)c1cccc2ccccc12. The highest BCUT2D eigenvalue weighted by atomic mass is 16.6. The van der Waals surface area contributed by atoms with Crippen LogP contribution >= 0.6 is 0 Å². The Morgan fingerprint density at radius 1 is 0.857 bits per heavy atom. The molecule has 7 nitrogen and oxygen atoms in total. The van der Waals surface area contributed by atoms with Crippen LogP contribution in [0.3, 0.4) is 0 Å². The molecule has 0 radical (unpaired) electrons. The molecule has 3 N–H and O–H groups in total. The molecule has 7 heteroatoms. The van der Waals surface area contributed by atoms with E-state index in [1.54, 1.807) is 26.8 Å². The number of fused-ring (bicyclic) bond motifs is 1. The number of hydrogen-bond donors (Lipinski definition) is 3. The minimum Gasteiger partial charge on any atom is -0.444 e. The highest BCUT2D eigenvalue weighted by Crippen LogP contribution is 2.18. The summed E-state index contributed by atoms with van der Waals surface area (Å²) in [6, 6.07) is 13.3. The van der Waals surface area contributed by atoms with E-state index in [0.717, 1.165) is 10.8 Å². The molecule has 0 atom stereocenters. The Morgan fingerprint density at radius 3 is 2.29 bits per heavy atom. The van der Waals surface area contributed by atoms with Crippen molar-refractivity contribution >= 4 is 28.7 Å². The monoisotopic (exact) mass is 385 g/mol. The van der Waals surface area contributed by atoms with E-state index in [-0.39, 0.29) is 24.8 Å². The van der Waals surface area contributed by atoms with Gasteiger partial charge in [-0.15, -0.1) is 0 Å². The fourth-order valence-corrected chi connectivity index (χ4v) is 2.58. The zero-order valence-corrected chi connectivity index (χ0v) is 16.5. The predicted molar refractivity (Wildman–Crippen MR) is 108 cm³/mol. The van der Waals surface area contributed by atoms with E-state index in [4.69, 9.17) is 4.74 Å². The van der Waals surface area contributed by atoms with Gasteiger partial charge in [0.2, 0.25) is 5.91 Å². The first-order chi connectivity index (χ1) is 13.3. The second-order valence-electron chi connectivity index (χ2n) is 7.31. The molecular weight excluding hydrogens is 358 g/mol. The molecule has 0 unspecified atom stereocenters. The molecule has 150 valence electrons. The minimum atomic E-state index is -0.575. The van der Waals surface area contributed by atoms with Crippen LogP contribution < -0.4 is 16.0 Å². The second kappa shape index (κ2) is 9.73. The Balaban J connectivity index is 1.67. The third-order valence-corrected chi connectivity index (χ3v) is 3.79. The normalized spacial score (nSPS) is 11.0. The number of rotatable bonds is 7. The standard InChI is InChI=1S/C21H27N3O4/c1-21(2,3)28-20(27)24-12-11-18(25)22-13-14-23-19(26)17-10-6-8-15-7-4-5-9-16(15)17/h4-10H,11-14H2,1-3H3,(H,22,25)(H,23,26)(H,24,27). The fourth-order valence-electron chi connectivity index (χ4n) is 2.58. The minimum absolute atomic E-state index is 0.135. The number of hydrogen-bond acceptors (Lipinski definition) is 4. The van der Waals surface area contributed by atoms with Crippen LogP contribution in [0.5, 0.6) is 0 Å². The third-order valence-electron chi connectivity index (χ3n) is 3.79. The summed E-state index contributed by atoms with van der Waals surface area (Å²) < 4.78 is 5.09. The average Bonchev–Trinajstić information content (AvgIpc) is 2.63. The van der Waals surface area contributed by atoms with E-state index < -0.39 is 11.7 Å². The molecule has 0 heterocycles. The Kier molecular flexibility index (Phi) is 7.37. The number of carbonyl (C=O) groups excluding carboxylic acids is 3. The maximum absolute atomic E-state index is 12.4. The highest BCUT2D eigenvalue weighted by molar-refractivity contribution is 6.07. The average molecular weight is 385 g/mol. The van der Waals surface area contributed by atoms with Gasteiger partial charge in [0.15, 0.2) is 0 Å². The zero-order chi connectivity index (χ0) is 20.6. The first kappa shape index (κ1) is 21.2. The number of alkyl carbamates (subject to hydrolysis) is 1. The van der Waals surface area contributed by atoms with Gasteiger partial charge < -0.3 is 20.7 Å². The fraction of sp³-hybridized carbons (Fsp3) is 0.381. The summed E-state index contributed by atoms with van der Waals surface area (Å²) in [5, 5.41) is 9.92. The van der Waals surface area contributed by atoms with E-state index in [9.17, 15) is 14.4 Å².